The van der Waals surface area contributed by atoms with Gasteiger partial charge in [0.25, 0.3) is 0 Å². The van der Waals surface area contributed by atoms with Gasteiger partial charge in [-0.05, 0) is 48.9 Å². The van der Waals surface area contributed by atoms with Crippen molar-refractivity contribution in [2.24, 2.45) is 0 Å². The molecular formula is C30H37BrFN5O6SSi. The molecule has 0 aliphatic carbocycles. The minimum absolute atomic E-state index is 0.0482. The van der Waals surface area contributed by atoms with Gasteiger partial charge in [-0.25, -0.2) is 22.1 Å². The van der Waals surface area contributed by atoms with Crippen molar-refractivity contribution < 1.29 is 32.1 Å². The number of halogens is 2. The molecule has 11 nitrogen and oxygen atoms in total. The minimum Gasteiger partial charge on any atom is -0.494 e. The highest BCUT2D eigenvalue weighted by Crippen LogP contribution is 2.40. The first-order valence-electron chi connectivity index (χ1n) is 14.1. The Morgan fingerprint density at radius 1 is 1.00 bits per heavy atom. The standard InChI is InChI=1S/C30H37BrFN5O6SSi/c1-19(28(38)21-15-14-20(32)18-22(21)31)44(39,40)36(16-17-45(5,6)7)30-35-34-29(23-10-8-13-26(33-23)43-4)37(30)27-24(41-2)11-9-12-25(27)42-3/h8-15,18-19,28,38H,16-17H2,1-7H3/t19-,28-/m1/s1. The van der Waals surface area contributed by atoms with Crippen molar-refractivity contribution in [1.29, 1.82) is 0 Å². The van der Waals surface area contributed by atoms with Gasteiger partial charge in [-0.3, -0.25) is 4.57 Å². The molecule has 15 heteroatoms. The molecule has 0 saturated carbocycles. The first-order valence-corrected chi connectivity index (χ1v) is 20.1. The summed E-state index contributed by atoms with van der Waals surface area (Å²) in [5, 5.41) is 18.8. The molecule has 2 heterocycles. The first-order chi connectivity index (χ1) is 21.2. The van der Waals surface area contributed by atoms with E-state index in [9.17, 15) is 17.9 Å². The van der Waals surface area contributed by atoms with Gasteiger partial charge < -0.3 is 19.3 Å². The van der Waals surface area contributed by atoms with Crippen LogP contribution in [0.25, 0.3) is 17.2 Å². The number of rotatable bonds is 13. The minimum atomic E-state index is -4.36. The average Bonchev–Trinajstić information content (AvgIpc) is 3.43. The molecule has 45 heavy (non-hydrogen) atoms. The Morgan fingerprint density at radius 2 is 1.64 bits per heavy atom. The van der Waals surface area contributed by atoms with Crippen LogP contribution in [0, 0.1) is 5.82 Å². The lowest BCUT2D eigenvalue weighted by Crippen LogP contribution is -2.44. The van der Waals surface area contributed by atoms with Gasteiger partial charge in [-0.1, -0.05) is 53.8 Å². The van der Waals surface area contributed by atoms with Gasteiger partial charge in [0, 0.05) is 25.2 Å². The van der Waals surface area contributed by atoms with Crippen molar-refractivity contribution >= 4 is 40.0 Å². The number of hydrogen-bond acceptors (Lipinski definition) is 9. The fourth-order valence-corrected chi connectivity index (χ4v) is 7.86. The summed E-state index contributed by atoms with van der Waals surface area (Å²) in [6, 6.07) is 14.6. The van der Waals surface area contributed by atoms with Gasteiger partial charge in [-0.15, -0.1) is 10.2 Å². The zero-order valence-electron chi connectivity index (χ0n) is 26.2. The summed E-state index contributed by atoms with van der Waals surface area (Å²) in [7, 11) is -1.72. The van der Waals surface area contributed by atoms with Gasteiger partial charge in [-0.2, -0.15) is 0 Å². The summed E-state index contributed by atoms with van der Waals surface area (Å²) < 4.78 is 62.7. The monoisotopic (exact) mass is 721 g/mol. The van der Waals surface area contributed by atoms with Crippen LogP contribution in [-0.2, 0) is 10.0 Å². The Kier molecular flexibility index (Phi) is 10.6. The number of hydrogen-bond donors (Lipinski definition) is 1. The summed E-state index contributed by atoms with van der Waals surface area (Å²) in [6.07, 6.45) is -1.50. The van der Waals surface area contributed by atoms with Crippen molar-refractivity contribution in [2.45, 2.75) is 44.0 Å². The number of nitrogens with zero attached hydrogens (tertiary/aromatic N) is 5. The molecule has 0 aliphatic rings. The Labute approximate surface area is 272 Å². The molecule has 0 amide bonds. The number of methoxy groups -OCH3 is 3. The van der Waals surface area contributed by atoms with Gasteiger partial charge in [0.1, 0.15) is 33.9 Å². The van der Waals surface area contributed by atoms with Crippen LogP contribution >= 0.6 is 15.9 Å². The van der Waals surface area contributed by atoms with Crippen LogP contribution in [-0.4, -0.2) is 74.5 Å². The van der Waals surface area contributed by atoms with Crippen LogP contribution in [0.1, 0.15) is 18.6 Å². The quantitative estimate of drug-likeness (QED) is 0.169. The van der Waals surface area contributed by atoms with Crippen LogP contribution in [0.3, 0.4) is 0 Å². The summed E-state index contributed by atoms with van der Waals surface area (Å²) in [5.74, 6) is 0.682. The summed E-state index contributed by atoms with van der Waals surface area (Å²) in [6.45, 7) is 7.86. The predicted molar refractivity (Wildman–Crippen MR) is 177 cm³/mol. The summed E-state index contributed by atoms with van der Waals surface area (Å²) >= 11 is 3.26. The van der Waals surface area contributed by atoms with Crippen molar-refractivity contribution in [2.75, 3.05) is 32.2 Å². The number of ether oxygens (including phenoxy) is 3. The highest BCUT2D eigenvalue weighted by Gasteiger charge is 2.40. The second-order valence-electron chi connectivity index (χ2n) is 11.5. The Hall–Kier alpha value is -3.53. The number of aliphatic hydroxyl groups excluding tert-OH is 1. The number of pyridine rings is 1. The maximum Gasteiger partial charge on any atom is 0.246 e. The zero-order chi connectivity index (χ0) is 33.1. The first kappa shape index (κ1) is 34.3. The van der Waals surface area contributed by atoms with E-state index in [0.29, 0.717) is 34.8 Å². The molecule has 0 radical (unpaired) electrons. The highest BCUT2D eigenvalue weighted by molar-refractivity contribution is 9.10. The molecule has 0 fully saturated rings. The fraction of sp³-hybridized carbons (Fsp3) is 0.367. The van der Waals surface area contributed by atoms with Crippen molar-refractivity contribution in [1.82, 2.24) is 19.7 Å². The predicted octanol–water partition coefficient (Wildman–Crippen LogP) is 5.85. The third-order valence-corrected chi connectivity index (χ3v) is 11.8. The van der Waals surface area contributed by atoms with E-state index in [2.05, 4.69) is 50.8 Å². The van der Waals surface area contributed by atoms with E-state index in [4.69, 9.17) is 14.2 Å². The number of aromatic nitrogens is 4. The van der Waals surface area contributed by atoms with Gasteiger partial charge in [0.2, 0.25) is 21.9 Å². The molecule has 242 valence electrons. The number of sulfonamides is 1. The molecule has 2 aromatic carbocycles. The average molecular weight is 723 g/mol. The number of anilines is 1. The van der Waals surface area contributed by atoms with E-state index in [1.165, 1.54) is 55.3 Å². The van der Waals surface area contributed by atoms with Crippen LogP contribution in [0.4, 0.5) is 10.3 Å². The largest absolute Gasteiger partial charge is 0.494 e. The molecule has 2 atom stereocenters. The van der Waals surface area contributed by atoms with E-state index >= 15 is 0 Å². The zero-order valence-corrected chi connectivity index (χ0v) is 29.6. The van der Waals surface area contributed by atoms with Crippen LogP contribution in [0.5, 0.6) is 17.4 Å². The molecular weight excluding hydrogens is 685 g/mol. The van der Waals surface area contributed by atoms with Crippen molar-refractivity contribution in [3.8, 4) is 34.6 Å². The van der Waals surface area contributed by atoms with Crippen LogP contribution in [0.2, 0.25) is 25.7 Å². The second kappa shape index (κ2) is 13.8. The Morgan fingerprint density at radius 3 is 2.22 bits per heavy atom. The van der Waals surface area contributed by atoms with E-state index in [0.717, 1.165) is 0 Å². The lowest BCUT2D eigenvalue weighted by Gasteiger charge is -2.31. The van der Waals surface area contributed by atoms with E-state index in [1.807, 2.05) is 0 Å². The molecule has 0 bridgehead atoms. The number of para-hydroxylation sites is 1. The van der Waals surface area contributed by atoms with E-state index in [-0.39, 0.29) is 28.4 Å². The maximum atomic E-state index is 14.6. The molecule has 1 N–H and O–H groups in total. The van der Waals surface area contributed by atoms with Gasteiger partial charge in [0.15, 0.2) is 5.82 Å². The summed E-state index contributed by atoms with van der Waals surface area (Å²) in [5.41, 5.74) is 0.934. The molecule has 0 unspecified atom stereocenters. The molecule has 2 aromatic heterocycles. The SMILES string of the molecule is COc1cccc(-c2nnc(N(CC[Si](C)(C)C)S(=O)(=O)[C@H](C)[C@@H](O)c3ccc(F)cc3Br)n2-c2c(OC)cccc2OC)n1. The lowest BCUT2D eigenvalue weighted by molar-refractivity contribution is 0.175. The molecule has 0 aliphatic heterocycles. The third-order valence-electron chi connectivity index (χ3n) is 7.22. The normalized spacial score (nSPS) is 13.3. The molecule has 0 spiro atoms. The molecule has 4 aromatic rings. The number of benzene rings is 2. The fourth-order valence-electron chi connectivity index (χ4n) is 4.65. The highest BCUT2D eigenvalue weighted by atomic mass is 79.9. The number of aliphatic hydroxyl groups is 1. The molecule has 4 rings (SSSR count). The van der Waals surface area contributed by atoms with Crippen LogP contribution in [0.15, 0.2) is 59.1 Å². The van der Waals surface area contributed by atoms with Crippen molar-refractivity contribution in [3.05, 3.63) is 70.5 Å². The van der Waals surface area contributed by atoms with Crippen LogP contribution < -0.4 is 18.5 Å². The Balaban J connectivity index is 2.00. The lowest BCUT2D eigenvalue weighted by atomic mass is 10.1. The smallest absolute Gasteiger partial charge is 0.246 e. The molecule has 0 saturated heterocycles. The summed E-state index contributed by atoms with van der Waals surface area (Å²) in [4.78, 5) is 4.53. The Bertz CT molecular complexity index is 1750. The third kappa shape index (κ3) is 7.32. The van der Waals surface area contributed by atoms with Crippen molar-refractivity contribution in [3.63, 3.8) is 0 Å². The topological polar surface area (TPSA) is 129 Å². The van der Waals surface area contributed by atoms with E-state index in [1.54, 1.807) is 36.4 Å². The second-order valence-corrected chi connectivity index (χ2v) is 20.2. The van der Waals surface area contributed by atoms with Gasteiger partial charge in [0.05, 0.1) is 27.4 Å². The maximum absolute atomic E-state index is 14.6. The van der Waals surface area contributed by atoms with E-state index < -0.39 is 35.3 Å². The van der Waals surface area contributed by atoms with Gasteiger partial charge >= 0.3 is 0 Å².